The van der Waals surface area contributed by atoms with E-state index in [1.165, 1.54) is 24.0 Å². The summed E-state index contributed by atoms with van der Waals surface area (Å²) >= 11 is 0. The second-order valence-electron chi connectivity index (χ2n) is 8.09. The van der Waals surface area contributed by atoms with Crippen LogP contribution >= 0.6 is 0 Å². The van der Waals surface area contributed by atoms with Crippen LogP contribution in [-0.4, -0.2) is 15.5 Å². The van der Waals surface area contributed by atoms with E-state index in [0.29, 0.717) is 10.5 Å². The summed E-state index contributed by atoms with van der Waals surface area (Å²) in [4.78, 5) is 0.321. The third kappa shape index (κ3) is 4.26. The van der Waals surface area contributed by atoms with Gasteiger partial charge in [0.25, 0.3) is 0 Å². The molecule has 2 aromatic carbocycles. The molecule has 1 aliphatic carbocycles. The lowest BCUT2D eigenvalue weighted by Gasteiger charge is -2.21. The van der Waals surface area contributed by atoms with E-state index in [2.05, 4.69) is 22.9 Å². The average molecular weight is 402 g/mol. The van der Waals surface area contributed by atoms with Crippen molar-refractivity contribution >= 4 is 10.0 Å². The molecule has 0 aromatic heterocycles. The van der Waals surface area contributed by atoms with Gasteiger partial charge in [-0.05, 0) is 85.4 Å². The topological polar surface area (TPSA) is 55.4 Å². The lowest BCUT2D eigenvalue weighted by Crippen LogP contribution is -2.28. The number of sulfonamides is 1. The van der Waals surface area contributed by atoms with Crippen molar-refractivity contribution in [3.63, 3.8) is 0 Å². The van der Waals surface area contributed by atoms with Crippen molar-refractivity contribution < 1.29 is 13.2 Å². The van der Waals surface area contributed by atoms with Gasteiger partial charge >= 0.3 is 0 Å². The number of ether oxygens (including phenoxy) is 1. The van der Waals surface area contributed by atoms with E-state index in [1.807, 2.05) is 33.8 Å². The molecule has 2 aromatic rings. The van der Waals surface area contributed by atoms with Crippen LogP contribution in [0.15, 0.2) is 35.2 Å². The number of fused-ring (bicyclic) bond motifs is 1. The fourth-order valence-electron chi connectivity index (χ4n) is 3.98. The van der Waals surface area contributed by atoms with Crippen molar-refractivity contribution in [3.05, 3.63) is 58.1 Å². The van der Waals surface area contributed by atoms with Crippen LogP contribution in [0.5, 0.6) is 5.75 Å². The third-order valence-electron chi connectivity index (χ3n) is 5.64. The zero-order valence-electron chi connectivity index (χ0n) is 17.5. The minimum atomic E-state index is -3.65. The smallest absolute Gasteiger partial charge is 0.241 e. The number of methoxy groups -OCH3 is 1. The second kappa shape index (κ2) is 8.26. The molecule has 0 saturated heterocycles. The highest BCUT2D eigenvalue weighted by molar-refractivity contribution is 7.89. The molecular weight excluding hydrogens is 370 g/mol. The quantitative estimate of drug-likeness (QED) is 0.737. The maximum absolute atomic E-state index is 13.1. The van der Waals surface area contributed by atoms with Gasteiger partial charge in [-0.2, -0.15) is 0 Å². The molecule has 0 spiro atoms. The largest absolute Gasteiger partial charge is 0.496 e. The van der Waals surface area contributed by atoms with Gasteiger partial charge in [0.15, 0.2) is 0 Å². The highest BCUT2D eigenvalue weighted by atomic mass is 32.2. The van der Waals surface area contributed by atoms with Gasteiger partial charge in [0, 0.05) is 6.04 Å². The number of hydrogen-bond donors (Lipinski definition) is 1. The molecule has 1 N–H and O–H groups in total. The van der Waals surface area contributed by atoms with Gasteiger partial charge in [-0.25, -0.2) is 13.1 Å². The molecule has 3 rings (SSSR count). The second-order valence-corrected chi connectivity index (χ2v) is 9.77. The Kier molecular flexibility index (Phi) is 6.15. The molecule has 4 nitrogen and oxygen atoms in total. The first-order valence-corrected chi connectivity index (χ1v) is 11.5. The number of aryl methyl sites for hydroxylation is 3. The lowest BCUT2D eigenvalue weighted by molar-refractivity contribution is 0.406. The molecule has 1 aliphatic rings. The van der Waals surface area contributed by atoms with Gasteiger partial charge in [-0.1, -0.05) is 32.0 Å². The van der Waals surface area contributed by atoms with Crippen molar-refractivity contribution in [1.29, 1.82) is 0 Å². The minimum absolute atomic E-state index is 0.169. The van der Waals surface area contributed by atoms with Gasteiger partial charge in [0.2, 0.25) is 10.0 Å². The molecule has 0 aliphatic heterocycles. The Morgan fingerprint density at radius 3 is 2.32 bits per heavy atom. The van der Waals surface area contributed by atoms with Crippen LogP contribution in [0.1, 0.15) is 73.4 Å². The Labute approximate surface area is 169 Å². The Morgan fingerprint density at radius 2 is 1.68 bits per heavy atom. The molecule has 0 amide bonds. The molecule has 0 fully saturated rings. The summed E-state index contributed by atoms with van der Waals surface area (Å²) in [6, 6.07) is 9.65. The molecule has 1 atom stereocenters. The molecule has 0 bridgehead atoms. The van der Waals surface area contributed by atoms with E-state index < -0.39 is 10.0 Å². The summed E-state index contributed by atoms with van der Waals surface area (Å²) in [5.74, 6) is 0.900. The van der Waals surface area contributed by atoms with Crippen LogP contribution in [-0.2, 0) is 22.9 Å². The highest BCUT2D eigenvalue weighted by Gasteiger charge is 2.24. The van der Waals surface area contributed by atoms with E-state index in [0.717, 1.165) is 29.7 Å². The van der Waals surface area contributed by atoms with Crippen molar-refractivity contribution in [2.24, 2.45) is 0 Å². The molecule has 5 heteroatoms. The van der Waals surface area contributed by atoms with Crippen molar-refractivity contribution in [1.82, 2.24) is 4.72 Å². The predicted octanol–water partition coefficient (Wildman–Crippen LogP) is 5.05. The Balaban J connectivity index is 1.90. The molecule has 0 saturated carbocycles. The molecule has 0 heterocycles. The van der Waals surface area contributed by atoms with E-state index in [1.54, 1.807) is 13.2 Å². The zero-order valence-corrected chi connectivity index (χ0v) is 18.3. The molecule has 0 unspecified atom stereocenters. The van der Waals surface area contributed by atoms with E-state index in [4.69, 9.17) is 4.74 Å². The van der Waals surface area contributed by atoms with Crippen LogP contribution in [0.2, 0.25) is 0 Å². The van der Waals surface area contributed by atoms with E-state index >= 15 is 0 Å². The Bertz CT molecular complexity index is 964. The molecule has 0 radical (unpaired) electrons. The first kappa shape index (κ1) is 20.9. The standard InChI is InChI=1S/C23H31NO3S/c1-15(2)21-14-23(16(3)12-22(21)27-5)28(25,26)24-17(4)19-11-10-18-8-6-7-9-20(18)13-19/h10-15,17,24H,6-9H2,1-5H3/t17-/m0/s1. The summed E-state index contributed by atoms with van der Waals surface area (Å²) in [6.07, 6.45) is 4.65. The van der Waals surface area contributed by atoms with Crippen molar-refractivity contribution in [2.45, 2.75) is 70.2 Å². The van der Waals surface area contributed by atoms with Crippen LogP contribution in [0.3, 0.4) is 0 Å². The summed E-state index contributed by atoms with van der Waals surface area (Å²) < 4.78 is 34.6. The molecule has 28 heavy (non-hydrogen) atoms. The maximum Gasteiger partial charge on any atom is 0.241 e. The fourth-order valence-corrected chi connectivity index (χ4v) is 5.48. The van der Waals surface area contributed by atoms with Crippen molar-refractivity contribution in [3.8, 4) is 5.75 Å². The van der Waals surface area contributed by atoms with Gasteiger partial charge in [0.05, 0.1) is 12.0 Å². The third-order valence-corrected chi connectivity index (χ3v) is 7.33. The van der Waals surface area contributed by atoms with Crippen molar-refractivity contribution in [2.75, 3.05) is 7.11 Å². The molecule has 152 valence electrons. The normalized spacial score (nSPS) is 15.4. The SMILES string of the molecule is COc1cc(C)c(S(=O)(=O)N[C@@H](C)c2ccc3c(c2)CCCC3)cc1C(C)C. The van der Waals surface area contributed by atoms with Crippen LogP contribution in [0.4, 0.5) is 0 Å². The predicted molar refractivity (Wildman–Crippen MR) is 114 cm³/mol. The van der Waals surface area contributed by atoms with Gasteiger partial charge in [-0.15, -0.1) is 0 Å². The number of rotatable bonds is 6. The van der Waals surface area contributed by atoms with Gasteiger partial charge in [-0.3, -0.25) is 0 Å². The summed E-state index contributed by atoms with van der Waals surface area (Å²) in [7, 11) is -2.03. The summed E-state index contributed by atoms with van der Waals surface area (Å²) in [6.45, 7) is 7.79. The first-order valence-electron chi connectivity index (χ1n) is 10.1. The van der Waals surface area contributed by atoms with Crippen LogP contribution in [0, 0.1) is 6.92 Å². The summed E-state index contributed by atoms with van der Waals surface area (Å²) in [5, 5.41) is 0. The van der Waals surface area contributed by atoms with E-state index in [9.17, 15) is 8.42 Å². The first-order chi connectivity index (χ1) is 13.2. The number of benzene rings is 2. The number of hydrogen-bond acceptors (Lipinski definition) is 3. The minimum Gasteiger partial charge on any atom is -0.496 e. The Hall–Kier alpha value is -1.85. The monoisotopic (exact) mass is 401 g/mol. The van der Waals surface area contributed by atoms with Crippen LogP contribution in [0.25, 0.3) is 0 Å². The average Bonchev–Trinajstić information content (AvgIpc) is 2.66. The number of nitrogens with one attached hydrogen (secondary N) is 1. The molecular formula is C23H31NO3S. The Morgan fingerprint density at radius 1 is 1.00 bits per heavy atom. The van der Waals surface area contributed by atoms with Crippen LogP contribution < -0.4 is 9.46 Å². The maximum atomic E-state index is 13.1. The zero-order chi connectivity index (χ0) is 20.5. The lowest BCUT2D eigenvalue weighted by atomic mass is 9.89. The highest BCUT2D eigenvalue weighted by Crippen LogP contribution is 2.32. The van der Waals surface area contributed by atoms with E-state index in [-0.39, 0.29) is 12.0 Å². The summed E-state index contributed by atoms with van der Waals surface area (Å²) in [5.41, 5.74) is 5.36. The van der Waals surface area contributed by atoms with Gasteiger partial charge < -0.3 is 4.74 Å². The fraction of sp³-hybridized carbons (Fsp3) is 0.478. The van der Waals surface area contributed by atoms with Gasteiger partial charge in [0.1, 0.15) is 5.75 Å².